The molecule has 3 nitrogen and oxygen atoms in total. The van der Waals surface area contributed by atoms with Crippen molar-refractivity contribution in [1.82, 2.24) is 0 Å². The van der Waals surface area contributed by atoms with Gasteiger partial charge in [-0.25, -0.2) is 0 Å². The molecule has 0 saturated heterocycles. The molecule has 1 aromatic rings. The Morgan fingerprint density at radius 2 is 2.06 bits per heavy atom. The van der Waals surface area contributed by atoms with Crippen LogP contribution in [0.5, 0.6) is 5.75 Å². The van der Waals surface area contributed by atoms with Crippen molar-refractivity contribution in [2.24, 2.45) is 5.92 Å². The molecule has 2 rings (SSSR count). The van der Waals surface area contributed by atoms with Crippen molar-refractivity contribution in [2.45, 2.75) is 31.8 Å². The maximum atomic E-state index is 9.48. The molecule has 100 valence electrons. The number of rotatable bonds is 4. The van der Waals surface area contributed by atoms with Gasteiger partial charge in [0.1, 0.15) is 5.75 Å². The van der Waals surface area contributed by atoms with Crippen LogP contribution in [0.2, 0.25) is 0 Å². The van der Waals surface area contributed by atoms with Gasteiger partial charge < -0.3 is 15.2 Å². The largest absolute Gasteiger partial charge is 0.495 e. The zero-order valence-electron chi connectivity index (χ0n) is 10.7. The van der Waals surface area contributed by atoms with E-state index in [0.29, 0.717) is 5.92 Å². The summed E-state index contributed by atoms with van der Waals surface area (Å²) in [7, 11) is 1.69. The van der Waals surface area contributed by atoms with Crippen LogP contribution in [0.1, 0.15) is 25.7 Å². The minimum atomic E-state index is -0.0818. The van der Waals surface area contributed by atoms with Gasteiger partial charge in [0.25, 0.3) is 0 Å². The SMILES string of the molecule is COc1ccc(Br)cc1NCC1CCC(O)CC1. The lowest BCUT2D eigenvalue weighted by molar-refractivity contribution is 0.111. The minimum absolute atomic E-state index is 0.0818. The highest BCUT2D eigenvalue weighted by Gasteiger charge is 2.19. The number of ether oxygens (including phenoxy) is 1. The number of methoxy groups -OCH3 is 1. The van der Waals surface area contributed by atoms with Crippen LogP contribution in [-0.2, 0) is 0 Å². The second kappa shape index (κ2) is 6.43. The predicted octanol–water partition coefficient (Wildman–Crippen LogP) is 3.42. The van der Waals surface area contributed by atoms with E-state index in [1.54, 1.807) is 7.11 Å². The van der Waals surface area contributed by atoms with Gasteiger partial charge in [-0.05, 0) is 49.8 Å². The van der Waals surface area contributed by atoms with Gasteiger partial charge in [0.05, 0.1) is 18.9 Å². The first kappa shape index (κ1) is 13.7. The molecule has 1 fully saturated rings. The number of aliphatic hydroxyl groups excluding tert-OH is 1. The van der Waals surface area contributed by atoms with Gasteiger partial charge in [-0.2, -0.15) is 0 Å². The Hall–Kier alpha value is -0.740. The fourth-order valence-electron chi connectivity index (χ4n) is 2.42. The molecule has 1 aromatic carbocycles. The normalized spacial score (nSPS) is 23.7. The summed E-state index contributed by atoms with van der Waals surface area (Å²) in [5.41, 5.74) is 1.03. The molecule has 1 saturated carbocycles. The van der Waals surface area contributed by atoms with Gasteiger partial charge >= 0.3 is 0 Å². The standard InChI is InChI=1S/C14H20BrNO2/c1-18-14-7-4-11(15)8-13(14)16-9-10-2-5-12(17)6-3-10/h4,7-8,10,12,16-17H,2-3,5-6,9H2,1H3. The fourth-order valence-corrected chi connectivity index (χ4v) is 2.78. The Balaban J connectivity index is 1.91. The lowest BCUT2D eigenvalue weighted by Gasteiger charge is -2.26. The van der Waals surface area contributed by atoms with E-state index in [1.807, 2.05) is 18.2 Å². The van der Waals surface area contributed by atoms with Gasteiger partial charge in [-0.3, -0.25) is 0 Å². The average Bonchev–Trinajstić information content (AvgIpc) is 2.38. The third-order valence-corrected chi connectivity index (χ3v) is 4.05. The summed E-state index contributed by atoms with van der Waals surface area (Å²) < 4.78 is 6.38. The zero-order chi connectivity index (χ0) is 13.0. The van der Waals surface area contributed by atoms with Gasteiger partial charge in [0.15, 0.2) is 0 Å². The van der Waals surface area contributed by atoms with Crippen LogP contribution >= 0.6 is 15.9 Å². The van der Waals surface area contributed by atoms with E-state index in [-0.39, 0.29) is 6.10 Å². The summed E-state index contributed by atoms with van der Waals surface area (Å²) in [5, 5.41) is 12.9. The van der Waals surface area contributed by atoms with Crippen LogP contribution in [0.15, 0.2) is 22.7 Å². The molecule has 0 unspecified atom stereocenters. The maximum Gasteiger partial charge on any atom is 0.142 e. The number of halogens is 1. The summed E-state index contributed by atoms with van der Waals surface area (Å²) in [5.74, 6) is 1.52. The van der Waals surface area contributed by atoms with E-state index in [0.717, 1.165) is 48.1 Å². The quantitative estimate of drug-likeness (QED) is 0.895. The zero-order valence-corrected chi connectivity index (χ0v) is 12.2. The first-order valence-electron chi connectivity index (χ1n) is 6.44. The predicted molar refractivity (Wildman–Crippen MR) is 77.1 cm³/mol. The smallest absolute Gasteiger partial charge is 0.142 e. The van der Waals surface area contributed by atoms with Gasteiger partial charge in [0, 0.05) is 11.0 Å². The molecule has 0 heterocycles. The molecule has 0 bridgehead atoms. The Labute approximate surface area is 117 Å². The molecule has 1 aliphatic carbocycles. The highest BCUT2D eigenvalue weighted by Crippen LogP contribution is 2.30. The number of anilines is 1. The molecular formula is C14H20BrNO2. The number of hydrogen-bond donors (Lipinski definition) is 2. The van der Waals surface area contributed by atoms with Gasteiger partial charge in [-0.15, -0.1) is 0 Å². The van der Waals surface area contributed by atoms with E-state index in [1.165, 1.54) is 0 Å². The Morgan fingerprint density at radius 1 is 1.33 bits per heavy atom. The van der Waals surface area contributed by atoms with Crippen molar-refractivity contribution in [3.8, 4) is 5.75 Å². The van der Waals surface area contributed by atoms with Crippen molar-refractivity contribution >= 4 is 21.6 Å². The van der Waals surface area contributed by atoms with Crippen molar-refractivity contribution in [3.63, 3.8) is 0 Å². The highest BCUT2D eigenvalue weighted by atomic mass is 79.9. The molecule has 0 amide bonds. The summed E-state index contributed by atoms with van der Waals surface area (Å²) in [6.45, 7) is 0.944. The Bertz CT molecular complexity index is 389. The Morgan fingerprint density at radius 3 is 2.72 bits per heavy atom. The van der Waals surface area contributed by atoms with Crippen LogP contribution in [0.25, 0.3) is 0 Å². The number of hydrogen-bond acceptors (Lipinski definition) is 3. The highest BCUT2D eigenvalue weighted by molar-refractivity contribution is 9.10. The van der Waals surface area contributed by atoms with E-state index in [4.69, 9.17) is 4.74 Å². The summed E-state index contributed by atoms with van der Waals surface area (Å²) in [6.07, 6.45) is 3.99. The lowest BCUT2D eigenvalue weighted by atomic mass is 9.87. The van der Waals surface area contributed by atoms with Crippen LogP contribution in [0.4, 0.5) is 5.69 Å². The fraction of sp³-hybridized carbons (Fsp3) is 0.571. The molecule has 0 spiro atoms. The summed E-state index contributed by atoms with van der Waals surface area (Å²) in [4.78, 5) is 0. The van der Waals surface area contributed by atoms with Gasteiger partial charge in [0.2, 0.25) is 0 Å². The molecule has 4 heteroatoms. The molecule has 1 aliphatic rings. The summed E-state index contributed by atoms with van der Waals surface area (Å²) >= 11 is 3.47. The molecule has 0 atom stereocenters. The molecule has 18 heavy (non-hydrogen) atoms. The third kappa shape index (κ3) is 3.62. The molecule has 0 aromatic heterocycles. The van der Waals surface area contributed by atoms with Crippen molar-refractivity contribution < 1.29 is 9.84 Å². The second-order valence-electron chi connectivity index (χ2n) is 4.90. The third-order valence-electron chi connectivity index (χ3n) is 3.56. The van der Waals surface area contributed by atoms with Crippen LogP contribution in [0.3, 0.4) is 0 Å². The monoisotopic (exact) mass is 313 g/mol. The van der Waals surface area contributed by atoms with Gasteiger partial charge in [-0.1, -0.05) is 15.9 Å². The maximum absolute atomic E-state index is 9.48. The van der Waals surface area contributed by atoms with Crippen LogP contribution in [-0.4, -0.2) is 24.9 Å². The summed E-state index contributed by atoms with van der Waals surface area (Å²) in [6, 6.07) is 5.97. The Kier molecular flexibility index (Phi) is 4.89. The molecule has 0 radical (unpaired) electrons. The topological polar surface area (TPSA) is 41.5 Å². The van der Waals surface area contributed by atoms with Crippen molar-refractivity contribution in [2.75, 3.05) is 19.0 Å². The minimum Gasteiger partial charge on any atom is -0.495 e. The first-order chi connectivity index (χ1) is 8.69. The molecule has 0 aliphatic heterocycles. The number of nitrogens with one attached hydrogen (secondary N) is 1. The second-order valence-corrected chi connectivity index (χ2v) is 5.82. The van der Waals surface area contributed by atoms with E-state index in [2.05, 4.69) is 21.2 Å². The molecular weight excluding hydrogens is 294 g/mol. The van der Waals surface area contributed by atoms with E-state index >= 15 is 0 Å². The van der Waals surface area contributed by atoms with Crippen molar-refractivity contribution in [3.05, 3.63) is 22.7 Å². The van der Waals surface area contributed by atoms with Crippen molar-refractivity contribution in [1.29, 1.82) is 0 Å². The average molecular weight is 314 g/mol. The first-order valence-corrected chi connectivity index (χ1v) is 7.24. The van der Waals surface area contributed by atoms with E-state index < -0.39 is 0 Å². The van der Waals surface area contributed by atoms with E-state index in [9.17, 15) is 5.11 Å². The number of benzene rings is 1. The van der Waals surface area contributed by atoms with Crippen LogP contribution in [0, 0.1) is 5.92 Å². The lowest BCUT2D eigenvalue weighted by Crippen LogP contribution is -2.23. The number of aliphatic hydroxyl groups is 1. The van der Waals surface area contributed by atoms with Crippen LogP contribution < -0.4 is 10.1 Å². The molecule has 2 N–H and O–H groups in total.